The van der Waals surface area contributed by atoms with E-state index in [4.69, 9.17) is 5.73 Å². The Morgan fingerprint density at radius 3 is 2.59 bits per heavy atom. The predicted molar refractivity (Wildman–Crippen MR) is 75.8 cm³/mol. The first-order valence-corrected chi connectivity index (χ1v) is 6.79. The highest BCUT2D eigenvalue weighted by Crippen LogP contribution is 2.30. The van der Waals surface area contributed by atoms with E-state index >= 15 is 0 Å². The number of rotatable bonds is 2. The molecule has 0 aliphatic heterocycles. The molecular weight excluding hydrogens is 346 g/mol. The third-order valence-corrected chi connectivity index (χ3v) is 4.35. The molecule has 17 heavy (non-hydrogen) atoms. The van der Waals surface area contributed by atoms with Crippen LogP contribution < -0.4 is 5.73 Å². The second-order valence-electron chi connectivity index (χ2n) is 3.93. The molecule has 1 aromatic heterocycles. The van der Waals surface area contributed by atoms with Crippen molar-refractivity contribution in [3.8, 4) is 0 Å². The Hall–Kier alpha value is -0.650. The Balaban J connectivity index is 2.51. The van der Waals surface area contributed by atoms with Crippen molar-refractivity contribution in [2.75, 3.05) is 0 Å². The van der Waals surface area contributed by atoms with Crippen LogP contribution in [0, 0.1) is 6.92 Å². The van der Waals surface area contributed by atoms with Gasteiger partial charge in [-0.2, -0.15) is 5.10 Å². The molecule has 2 rings (SSSR count). The fourth-order valence-corrected chi connectivity index (χ4v) is 2.85. The molecule has 0 bridgehead atoms. The number of hydrogen-bond acceptors (Lipinski definition) is 2. The number of aryl methyl sites for hydroxylation is 1. The van der Waals surface area contributed by atoms with E-state index in [9.17, 15) is 0 Å². The van der Waals surface area contributed by atoms with Crippen LogP contribution in [-0.4, -0.2) is 9.78 Å². The number of aromatic nitrogens is 2. The van der Waals surface area contributed by atoms with E-state index in [-0.39, 0.29) is 6.04 Å². The van der Waals surface area contributed by atoms with Crippen LogP contribution in [0.5, 0.6) is 0 Å². The summed E-state index contributed by atoms with van der Waals surface area (Å²) >= 11 is 7.01. The lowest BCUT2D eigenvalue weighted by molar-refractivity contribution is 0.669. The highest BCUT2D eigenvalue weighted by molar-refractivity contribution is 9.10. The highest BCUT2D eigenvalue weighted by atomic mass is 79.9. The van der Waals surface area contributed by atoms with Gasteiger partial charge in [-0.25, -0.2) is 0 Å². The SMILES string of the molecule is Cc1c(Br)cccc1C(N)c1c(Br)cnn1C. The van der Waals surface area contributed by atoms with Crippen molar-refractivity contribution in [3.05, 3.63) is 50.2 Å². The zero-order chi connectivity index (χ0) is 12.6. The van der Waals surface area contributed by atoms with Gasteiger partial charge in [0.25, 0.3) is 0 Å². The molecule has 0 aliphatic carbocycles. The van der Waals surface area contributed by atoms with Crippen LogP contribution >= 0.6 is 31.9 Å². The minimum Gasteiger partial charge on any atom is -0.319 e. The number of nitrogens with zero attached hydrogens (tertiary/aromatic N) is 2. The lowest BCUT2D eigenvalue weighted by atomic mass is 9.99. The van der Waals surface area contributed by atoms with Gasteiger partial charge in [-0.3, -0.25) is 4.68 Å². The molecule has 5 heteroatoms. The summed E-state index contributed by atoms with van der Waals surface area (Å²) < 4.78 is 3.81. The average Bonchev–Trinajstić information content (AvgIpc) is 2.62. The first-order chi connectivity index (χ1) is 8.02. The minimum atomic E-state index is -0.186. The number of halogens is 2. The standard InChI is InChI=1S/C12H13Br2N3/c1-7-8(4-3-5-9(7)13)11(15)12-10(14)6-16-17(12)2/h3-6,11H,15H2,1-2H3. The summed E-state index contributed by atoms with van der Waals surface area (Å²) in [5.74, 6) is 0. The smallest absolute Gasteiger partial charge is 0.0737 e. The molecule has 2 aromatic rings. The molecular formula is C12H13Br2N3. The van der Waals surface area contributed by atoms with Crippen LogP contribution in [0.15, 0.2) is 33.3 Å². The van der Waals surface area contributed by atoms with E-state index in [1.165, 1.54) is 0 Å². The maximum atomic E-state index is 6.32. The monoisotopic (exact) mass is 357 g/mol. The van der Waals surface area contributed by atoms with Gasteiger partial charge >= 0.3 is 0 Å². The quantitative estimate of drug-likeness (QED) is 0.895. The van der Waals surface area contributed by atoms with E-state index in [0.29, 0.717) is 0 Å². The third-order valence-electron chi connectivity index (χ3n) is 2.88. The van der Waals surface area contributed by atoms with E-state index in [0.717, 1.165) is 25.8 Å². The molecule has 0 amide bonds. The van der Waals surface area contributed by atoms with Crippen LogP contribution in [-0.2, 0) is 7.05 Å². The van der Waals surface area contributed by atoms with Crippen molar-refractivity contribution in [1.82, 2.24) is 9.78 Å². The molecule has 3 nitrogen and oxygen atoms in total. The first-order valence-electron chi connectivity index (χ1n) is 5.20. The first kappa shape index (κ1) is 12.8. The molecule has 0 radical (unpaired) electrons. The molecule has 90 valence electrons. The van der Waals surface area contributed by atoms with Crippen LogP contribution in [0.3, 0.4) is 0 Å². The minimum absolute atomic E-state index is 0.186. The van der Waals surface area contributed by atoms with E-state index < -0.39 is 0 Å². The van der Waals surface area contributed by atoms with Gasteiger partial charge in [0.05, 0.1) is 22.4 Å². The van der Waals surface area contributed by atoms with Crippen LogP contribution in [0.2, 0.25) is 0 Å². The van der Waals surface area contributed by atoms with Crippen LogP contribution in [0.25, 0.3) is 0 Å². The van der Waals surface area contributed by atoms with Crippen molar-refractivity contribution in [3.63, 3.8) is 0 Å². The van der Waals surface area contributed by atoms with Gasteiger partial charge < -0.3 is 5.73 Å². The van der Waals surface area contributed by atoms with Gasteiger partial charge in [0, 0.05) is 11.5 Å². The van der Waals surface area contributed by atoms with Crippen molar-refractivity contribution in [2.24, 2.45) is 12.8 Å². The molecule has 1 unspecified atom stereocenters. The summed E-state index contributed by atoms with van der Waals surface area (Å²) in [5, 5.41) is 4.19. The molecule has 1 aromatic carbocycles. The maximum absolute atomic E-state index is 6.32. The second-order valence-corrected chi connectivity index (χ2v) is 5.64. The summed E-state index contributed by atoms with van der Waals surface area (Å²) in [7, 11) is 1.90. The molecule has 1 heterocycles. The number of hydrogen-bond donors (Lipinski definition) is 1. The summed E-state index contributed by atoms with van der Waals surface area (Å²) in [4.78, 5) is 0. The summed E-state index contributed by atoms with van der Waals surface area (Å²) in [5.41, 5.74) is 9.56. The lowest BCUT2D eigenvalue weighted by Gasteiger charge is -2.16. The van der Waals surface area contributed by atoms with Crippen LogP contribution in [0.1, 0.15) is 22.9 Å². The highest BCUT2D eigenvalue weighted by Gasteiger charge is 2.18. The van der Waals surface area contributed by atoms with Crippen molar-refractivity contribution >= 4 is 31.9 Å². The van der Waals surface area contributed by atoms with Gasteiger partial charge in [0.2, 0.25) is 0 Å². The normalized spacial score (nSPS) is 12.8. The fourth-order valence-electron chi connectivity index (χ4n) is 1.88. The van der Waals surface area contributed by atoms with E-state index in [2.05, 4.69) is 43.9 Å². The Morgan fingerprint density at radius 2 is 2.00 bits per heavy atom. The topological polar surface area (TPSA) is 43.8 Å². The lowest BCUT2D eigenvalue weighted by Crippen LogP contribution is -2.17. The second kappa shape index (κ2) is 4.92. The molecule has 0 fully saturated rings. The van der Waals surface area contributed by atoms with Gasteiger partial charge in [-0.1, -0.05) is 28.1 Å². The average molecular weight is 359 g/mol. The summed E-state index contributed by atoms with van der Waals surface area (Å²) in [6.45, 7) is 2.06. The number of benzene rings is 1. The van der Waals surface area contributed by atoms with Crippen LogP contribution in [0.4, 0.5) is 0 Å². The Morgan fingerprint density at radius 1 is 1.29 bits per heavy atom. The Bertz CT molecular complexity index is 529. The van der Waals surface area contributed by atoms with Gasteiger partial charge in [-0.15, -0.1) is 0 Å². The Labute approximate surface area is 117 Å². The predicted octanol–water partition coefficient (Wildman–Crippen LogP) is 3.30. The molecule has 0 aliphatic rings. The van der Waals surface area contributed by atoms with E-state index in [1.807, 2.05) is 25.2 Å². The van der Waals surface area contributed by atoms with Gasteiger partial charge in [-0.05, 0) is 40.0 Å². The van der Waals surface area contributed by atoms with Gasteiger partial charge in [0.1, 0.15) is 0 Å². The summed E-state index contributed by atoms with van der Waals surface area (Å²) in [6, 6.07) is 5.87. The molecule has 0 saturated heterocycles. The molecule has 0 spiro atoms. The molecule has 2 N–H and O–H groups in total. The zero-order valence-corrected chi connectivity index (χ0v) is 12.8. The third kappa shape index (κ3) is 2.32. The summed E-state index contributed by atoms with van der Waals surface area (Å²) in [6.07, 6.45) is 1.77. The maximum Gasteiger partial charge on any atom is 0.0737 e. The van der Waals surface area contributed by atoms with E-state index in [1.54, 1.807) is 10.9 Å². The largest absolute Gasteiger partial charge is 0.319 e. The molecule has 1 atom stereocenters. The van der Waals surface area contributed by atoms with Crippen molar-refractivity contribution in [1.29, 1.82) is 0 Å². The number of nitrogens with two attached hydrogens (primary N) is 1. The van der Waals surface area contributed by atoms with Crippen molar-refractivity contribution in [2.45, 2.75) is 13.0 Å². The van der Waals surface area contributed by atoms with Gasteiger partial charge in [0.15, 0.2) is 0 Å². The molecule has 0 saturated carbocycles. The fraction of sp³-hybridized carbons (Fsp3) is 0.250. The zero-order valence-electron chi connectivity index (χ0n) is 9.61. The Kier molecular flexibility index (Phi) is 3.70. The van der Waals surface area contributed by atoms with Crippen molar-refractivity contribution < 1.29 is 0 Å².